The van der Waals surface area contributed by atoms with Crippen LogP contribution >= 0.6 is 0 Å². The third-order valence-electron chi connectivity index (χ3n) is 2.35. The predicted octanol–water partition coefficient (Wildman–Crippen LogP) is 1.91. The third kappa shape index (κ3) is 2.96. The monoisotopic (exact) mass is 237 g/mol. The van der Waals surface area contributed by atoms with Crippen LogP contribution in [-0.2, 0) is 9.53 Å². The van der Waals surface area contributed by atoms with Crippen LogP contribution in [-0.4, -0.2) is 28.6 Å². The molecule has 0 fully saturated rings. The van der Waals surface area contributed by atoms with Gasteiger partial charge in [-0.2, -0.15) is 0 Å². The summed E-state index contributed by atoms with van der Waals surface area (Å²) in [6.45, 7) is 5.54. The number of hydrogen-bond donors (Lipinski definition) is 2. The number of aromatic amines is 1. The van der Waals surface area contributed by atoms with Crippen molar-refractivity contribution in [2.24, 2.45) is 0 Å². The van der Waals surface area contributed by atoms with E-state index in [1.165, 1.54) is 6.08 Å². The molecule has 1 heterocycles. The number of carbonyl (C=O) groups excluding carboxylic acids is 1. The number of hydrogen-bond acceptors (Lipinski definition) is 3. The van der Waals surface area contributed by atoms with Crippen molar-refractivity contribution in [3.63, 3.8) is 0 Å². The van der Waals surface area contributed by atoms with Crippen LogP contribution in [0, 0.1) is 13.8 Å². The molecule has 2 N–H and O–H groups in total. The van der Waals surface area contributed by atoms with Gasteiger partial charge in [-0.3, -0.25) is 0 Å². The summed E-state index contributed by atoms with van der Waals surface area (Å²) >= 11 is 0. The van der Waals surface area contributed by atoms with Gasteiger partial charge in [0.15, 0.2) is 0 Å². The maximum Gasteiger partial charge on any atom is 0.340 e. The third-order valence-corrected chi connectivity index (χ3v) is 2.35. The molecule has 0 aliphatic rings. The van der Waals surface area contributed by atoms with E-state index in [9.17, 15) is 9.59 Å². The molecule has 1 aromatic heterocycles. The van der Waals surface area contributed by atoms with Crippen LogP contribution in [0.15, 0.2) is 6.08 Å². The van der Waals surface area contributed by atoms with Gasteiger partial charge in [0.25, 0.3) is 0 Å². The molecule has 0 saturated carbocycles. The van der Waals surface area contributed by atoms with Gasteiger partial charge < -0.3 is 14.8 Å². The van der Waals surface area contributed by atoms with Crippen molar-refractivity contribution < 1.29 is 19.4 Å². The van der Waals surface area contributed by atoms with Crippen LogP contribution in [0.1, 0.15) is 34.2 Å². The molecule has 0 aliphatic carbocycles. The fraction of sp³-hybridized carbons (Fsp3) is 0.333. The first-order valence-corrected chi connectivity index (χ1v) is 5.24. The van der Waals surface area contributed by atoms with Crippen LogP contribution in [0.3, 0.4) is 0 Å². The van der Waals surface area contributed by atoms with Crippen molar-refractivity contribution in [1.82, 2.24) is 4.98 Å². The maximum absolute atomic E-state index is 11.7. The molecule has 0 aliphatic heterocycles. The molecular formula is C12H15NO4. The number of carboxylic acids is 1. The molecule has 1 rings (SSSR count). The minimum atomic E-state index is -1.03. The number of aryl methyl sites for hydroxylation is 1. The Morgan fingerprint density at radius 1 is 1.41 bits per heavy atom. The second-order valence-corrected chi connectivity index (χ2v) is 3.56. The van der Waals surface area contributed by atoms with Gasteiger partial charge in [-0.05, 0) is 32.4 Å². The van der Waals surface area contributed by atoms with Gasteiger partial charge in [0.05, 0.1) is 12.2 Å². The molecule has 0 atom stereocenters. The van der Waals surface area contributed by atoms with Gasteiger partial charge in [-0.25, -0.2) is 9.59 Å². The quantitative estimate of drug-likeness (QED) is 0.619. The SMILES string of the molecule is CCOC(=O)c1c(C)[nH]c(C=CC(=O)O)c1C. The first-order chi connectivity index (χ1) is 7.97. The maximum atomic E-state index is 11.7. The topological polar surface area (TPSA) is 79.4 Å². The van der Waals surface area contributed by atoms with Crippen molar-refractivity contribution >= 4 is 18.0 Å². The average Bonchev–Trinajstić information content (AvgIpc) is 2.51. The number of carboxylic acid groups (broad SMARTS) is 1. The lowest BCUT2D eigenvalue weighted by Crippen LogP contribution is -2.06. The van der Waals surface area contributed by atoms with Crippen LogP contribution in [0.5, 0.6) is 0 Å². The second kappa shape index (κ2) is 5.34. The van der Waals surface area contributed by atoms with Crippen LogP contribution in [0.2, 0.25) is 0 Å². The summed E-state index contributed by atoms with van der Waals surface area (Å²) in [4.78, 5) is 25.0. The van der Waals surface area contributed by atoms with Crippen LogP contribution in [0.4, 0.5) is 0 Å². The number of carbonyl (C=O) groups is 2. The summed E-state index contributed by atoms with van der Waals surface area (Å²) in [5, 5.41) is 8.54. The van der Waals surface area contributed by atoms with Gasteiger partial charge in [0, 0.05) is 17.5 Å². The summed E-state index contributed by atoms with van der Waals surface area (Å²) in [7, 11) is 0. The van der Waals surface area contributed by atoms with Crippen LogP contribution in [0.25, 0.3) is 6.08 Å². The summed E-state index contributed by atoms with van der Waals surface area (Å²) in [5.41, 5.74) is 2.44. The molecule has 5 nitrogen and oxygen atoms in total. The molecule has 0 aromatic carbocycles. The van der Waals surface area contributed by atoms with Crippen molar-refractivity contribution in [2.75, 3.05) is 6.61 Å². The smallest absolute Gasteiger partial charge is 0.340 e. The van der Waals surface area contributed by atoms with Gasteiger partial charge >= 0.3 is 11.9 Å². The van der Waals surface area contributed by atoms with Gasteiger partial charge in [-0.1, -0.05) is 0 Å². The van der Waals surface area contributed by atoms with E-state index in [2.05, 4.69) is 4.98 Å². The van der Waals surface area contributed by atoms with E-state index in [1.807, 2.05) is 0 Å². The zero-order valence-electron chi connectivity index (χ0n) is 10.0. The van der Waals surface area contributed by atoms with E-state index in [0.717, 1.165) is 6.08 Å². The molecule has 17 heavy (non-hydrogen) atoms. The largest absolute Gasteiger partial charge is 0.478 e. The molecule has 92 valence electrons. The summed E-state index contributed by atoms with van der Waals surface area (Å²) in [6, 6.07) is 0. The zero-order chi connectivity index (χ0) is 13.0. The molecule has 0 radical (unpaired) electrons. The minimum absolute atomic E-state index is 0.309. The number of aliphatic carboxylic acids is 1. The van der Waals surface area contributed by atoms with Gasteiger partial charge in [0.2, 0.25) is 0 Å². The van der Waals surface area contributed by atoms with Crippen molar-refractivity contribution in [2.45, 2.75) is 20.8 Å². The van der Waals surface area contributed by atoms with Crippen molar-refractivity contribution in [3.8, 4) is 0 Å². The molecule has 0 bridgehead atoms. The molecule has 5 heteroatoms. The van der Waals surface area contributed by atoms with E-state index < -0.39 is 11.9 Å². The predicted molar refractivity (Wildman–Crippen MR) is 62.9 cm³/mol. The van der Waals surface area contributed by atoms with E-state index in [-0.39, 0.29) is 0 Å². The highest BCUT2D eigenvalue weighted by Gasteiger charge is 2.17. The highest BCUT2D eigenvalue weighted by Crippen LogP contribution is 2.19. The molecule has 0 unspecified atom stereocenters. The Morgan fingerprint density at radius 3 is 2.59 bits per heavy atom. The second-order valence-electron chi connectivity index (χ2n) is 3.56. The van der Waals surface area contributed by atoms with Crippen LogP contribution < -0.4 is 0 Å². The molecule has 0 saturated heterocycles. The normalized spacial score (nSPS) is 10.8. The number of rotatable bonds is 4. The lowest BCUT2D eigenvalue weighted by atomic mass is 10.1. The highest BCUT2D eigenvalue weighted by molar-refractivity contribution is 5.94. The number of H-pyrrole nitrogens is 1. The van der Waals surface area contributed by atoms with E-state index in [1.54, 1.807) is 20.8 Å². The first kappa shape index (κ1) is 13.0. The summed E-state index contributed by atoms with van der Waals surface area (Å²) in [5.74, 6) is -1.43. The highest BCUT2D eigenvalue weighted by atomic mass is 16.5. The van der Waals surface area contributed by atoms with Gasteiger partial charge in [0.1, 0.15) is 0 Å². The molecule has 1 aromatic rings. The Labute approximate surface area is 99.1 Å². The minimum Gasteiger partial charge on any atom is -0.478 e. The fourth-order valence-corrected chi connectivity index (χ4v) is 1.60. The lowest BCUT2D eigenvalue weighted by molar-refractivity contribution is -0.131. The Morgan fingerprint density at radius 2 is 2.06 bits per heavy atom. The molecule has 0 spiro atoms. The van der Waals surface area contributed by atoms with E-state index in [0.29, 0.717) is 29.1 Å². The Hall–Kier alpha value is -2.04. The van der Waals surface area contributed by atoms with E-state index >= 15 is 0 Å². The first-order valence-electron chi connectivity index (χ1n) is 5.24. The Kier molecular flexibility index (Phi) is 4.09. The zero-order valence-corrected chi connectivity index (χ0v) is 10.0. The number of esters is 1. The number of ether oxygens (including phenoxy) is 1. The number of nitrogens with one attached hydrogen (secondary N) is 1. The summed E-state index contributed by atoms with van der Waals surface area (Å²) in [6.07, 6.45) is 2.45. The number of aromatic nitrogens is 1. The standard InChI is InChI=1S/C12H15NO4/c1-4-17-12(16)11-7(2)9(13-8(11)3)5-6-10(14)15/h5-6,13H,4H2,1-3H3,(H,14,15). The van der Waals surface area contributed by atoms with Crippen molar-refractivity contribution in [1.29, 1.82) is 0 Å². The summed E-state index contributed by atoms with van der Waals surface area (Å²) < 4.78 is 4.93. The Balaban J connectivity index is 3.10. The molecular weight excluding hydrogens is 222 g/mol. The average molecular weight is 237 g/mol. The lowest BCUT2D eigenvalue weighted by Gasteiger charge is -2.01. The Bertz CT molecular complexity index is 471. The van der Waals surface area contributed by atoms with Crippen molar-refractivity contribution in [3.05, 3.63) is 28.6 Å². The molecule has 0 amide bonds. The fourth-order valence-electron chi connectivity index (χ4n) is 1.60. The van der Waals surface area contributed by atoms with E-state index in [4.69, 9.17) is 9.84 Å². The van der Waals surface area contributed by atoms with Gasteiger partial charge in [-0.15, -0.1) is 0 Å².